The van der Waals surface area contributed by atoms with Crippen molar-refractivity contribution in [3.8, 4) is 0 Å². The quantitative estimate of drug-likeness (QED) is 0.496. The molecule has 0 spiro atoms. The summed E-state index contributed by atoms with van der Waals surface area (Å²) in [7, 11) is 0.339. The van der Waals surface area contributed by atoms with Gasteiger partial charge in [-0.25, -0.2) is 28.0 Å². The lowest BCUT2D eigenvalue weighted by molar-refractivity contribution is 0.599. The van der Waals surface area contributed by atoms with Crippen molar-refractivity contribution in [2.45, 2.75) is 0 Å². The Labute approximate surface area is 90.7 Å². The molecule has 0 aromatic carbocycles. The average Bonchev–Trinajstić information content (AvgIpc) is 1.99. The molecular formula is C4H10B3N5O2S. The van der Waals surface area contributed by atoms with Crippen LogP contribution in [0.5, 0.6) is 0 Å². The van der Waals surface area contributed by atoms with Gasteiger partial charge >= 0.3 is 7.55 Å². The van der Waals surface area contributed by atoms with E-state index in [-0.39, 0.29) is 7.55 Å². The van der Waals surface area contributed by atoms with Crippen LogP contribution >= 0.6 is 0 Å². The molecule has 0 bridgehead atoms. The fourth-order valence-electron chi connectivity index (χ4n) is 0.941. The van der Waals surface area contributed by atoms with Gasteiger partial charge in [0.25, 0.3) is 0 Å². The van der Waals surface area contributed by atoms with Crippen LogP contribution in [-0.4, -0.2) is 52.9 Å². The summed E-state index contributed by atoms with van der Waals surface area (Å²) in [6, 6.07) is 0. The first-order chi connectivity index (χ1) is 6.87. The number of hydrogen-bond donors (Lipinski definition) is 2. The van der Waals surface area contributed by atoms with Crippen molar-refractivity contribution >= 4 is 50.7 Å². The van der Waals surface area contributed by atoms with Crippen LogP contribution in [0, 0.1) is 0 Å². The monoisotopic (exact) mass is 225 g/mol. The van der Waals surface area contributed by atoms with Gasteiger partial charge in [0.1, 0.15) is 0 Å². The molecule has 7 nitrogen and oxygen atoms in total. The van der Waals surface area contributed by atoms with Gasteiger partial charge in [0.2, 0.25) is 5.95 Å². The highest BCUT2D eigenvalue weighted by molar-refractivity contribution is 7.89. The van der Waals surface area contributed by atoms with Crippen LogP contribution in [0.3, 0.4) is 0 Å². The molecule has 0 aliphatic rings. The van der Waals surface area contributed by atoms with Gasteiger partial charge in [0.15, 0.2) is 25.7 Å². The van der Waals surface area contributed by atoms with Crippen LogP contribution in [-0.2, 0) is 10.0 Å². The van der Waals surface area contributed by atoms with Gasteiger partial charge in [0.05, 0.1) is 17.7 Å². The topological polar surface area (TPSA) is 96.9 Å². The third kappa shape index (κ3) is 4.79. The first-order valence-electron chi connectivity index (χ1n) is 4.24. The van der Waals surface area contributed by atoms with Crippen molar-refractivity contribution in [3.05, 3.63) is 0 Å². The Hall–Kier alpha value is -1.09. The second-order valence-electron chi connectivity index (χ2n) is 3.02. The number of aromatic nitrogens is 3. The maximum atomic E-state index is 10.8. The van der Waals surface area contributed by atoms with Crippen LogP contribution in [0.15, 0.2) is 0 Å². The predicted molar refractivity (Wildman–Crippen MR) is 64.9 cm³/mol. The molecule has 1 aromatic heterocycles. The van der Waals surface area contributed by atoms with Gasteiger partial charge in [0, 0.05) is 0 Å². The zero-order chi connectivity index (χ0) is 11.5. The van der Waals surface area contributed by atoms with Crippen molar-refractivity contribution < 1.29 is 8.42 Å². The summed E-state index contributed by atoms with van der Waals surface area (Å²) in [5, 5.41) is 2.73. The van der Waals surface area contributed by atoms with Crippen molar-refractivity contribution in [2.24, 2.45) is 0 Å². The fourth-order valence-corrected chi connectivity index (χ4v) is 1.28. The highest BCUT2D eigenvalue weighted by Crippen LogP contribution is 1.85. The first kappa shape index (κ1) is 12.0. The zero-order valence-corrected chi connectivity index (χ0v) is 9.59. The molecular weight excluding hydrogens is 215 g/mol. The number of sulfonamides is 1. The molecule has 1 rings (SSSR count). The van der Waals surface area contributed by atoms with Crippen molar-refractivity contribution in [1.29, 1.82) is 0 Å². The van der Waals surface area contributed by atoms with E-state index < -0.39 is 10.0 Å². The Bertz CT molecular complexity index is 431. The van der Waals surface area contributed by atoms with Gasteiger partial charge in [-0.3, -0.25) is 0 Å². The average molecular weight is 225 g/mol. The SMILES string of the molecule is Bc1nc(B)nc(NBNS(C)(=O)=O)n1. The van der Waals surface area contributed by atoms with Gasteiger partial charge in [-0.1, -0.05) is 0 Å². The molecule has 11 heteroatoms. The number of hydrogen-bond acceptors (Lipinski definition) is 6. The summed E-state index contributed by atoms with van der Waals surface area (Å²) in [6.07, 6.45) is 1.08. The summed E-state index contributed by atoms with van der Waals surface area (Å²) in [6.45, 7) is 0. The van der Waals surface area contributed by atoms with E-state index >= 15 is 0 Å². The first-order valence-corrected chi connectivity index (χ1v) is 6.14. The summed E-state index contributed by atoms with van der Waals surface area (Å²) in [5.74, 6) is 0.358. The van der Waals surface area contributed by atoms with Crippen molar-refractivity contribution in [1.82, 2.24) is 19.6 Å². The van der Waals surface area contributed by atoms with Crippen molar-refractivity contribution in [2.75, 3.05) is 11.5 Å². The zero-order valence-electron chi connectivity index (χ0n) is 8.77. The normalized spacial score (nSPS) is 11.0. The van der Waals surface area contributed by atoms with E-state index in [1.165, 1.54) is 0 Å². The highest BCUT2D eigenvalue weighted by atomic mass is 32.2. The lowest BCUT2D eigenvalue weighted by atomic mass is 10.1. The smallest absolute Gasteiger partial charge is 0.335 e. The maximum Gasteiger partial charge on any atom is 0.335 e. The lowest BCUT2D eigenvalue weighted by Crippen LogP contribution is -2.35. The molecule has 0 fully saturated rings. The minimum atomic E-state index is -3.20. The molecule has 2 N–H and O–H groups in total. The molecule has 15 heavy (non-hydrogen) atoms. The second-order valence-corrected chi connectivity index (χ2v) is 4.86. The molecule has 0 unspecified atom stereocenters. The minimum Gasteiger partial charge on any atom is -0.385 e. The van der Waals surface area contributed by atoms with Gasteiger partial charge < -0.3 is 5.23 Å². The van der Waals surface area contributed by atoms with Crippen LogP contribution in [0.25, 0.3) is 0 Å². The number of nitrogens with zero attached hydrogens (tertiary/aromatic N) is 3. The molecule has 0 saturated carbocycles. The van der Waals surface area contributed by atoms with E-state index in [2.05, 4.69) is 24.8 Å². The van der Waals surface area contributed by atoms with Crippen LogP contribution in [0.4, 0.5) is 5.95 Å². The molecule has 0 radical (unpaired) electrons. The van der Waals surface area contributed by atoms with Crippen LogP contribution < -0.4 is 21.3 Å². The molecule has 0 aliphatic heterocycles. The molecule has 1 aromatic rings. The minimum absolute atomic E-state index is 0.0573. The molecule has 0 amide bonds. The lowest BCUT2D eigenvalue weighted by Gasteiger charge is -2.04. The van der Waals surface area contributed by atoms with E-state index in [1.807, 2.05) is 0 Å². The molecule has 0 aliphatic carbocycles. The van der Waals surface area contributed by atoms with E-state index in [1.54, 1.807) is 15.7 Å². The number of rotatable bonds is 4. The van der Waals surface area contributed by atoms with E-state index in [0.29, 0.717) is 17.4 Å². The molecule has 1 heterocycles. The van der Waals surface area contributed by atoms with Gasteiger partial charge in [-0.05, 0) is 0 Å². The predicted octanol–water partition coefficient (Wildman–Crippen LogP) is -5.38. The summed E-state index contributed by atoms with van der Waals surface area (Å²) >= 11 is 0. The third-order valence-corrected chi connectivity index (χ3v) is 2.11. The van der Waals surface area contributed by atoms with Crippen molar-refractivity contribution in [3.63, 3.8) is 0 Å². The van der Waals surface area contributed by atoms with Gasteiger partial charge in [-0.2, -0.15) is 0 Å². The number of nitrogens with one attached hydrogen (secondary N) is 2. The molecule has 0 atom stereocenters. The molecule has 78 valence electrons. The largest absolute Gasteiger partial charge is 0.385 e. The fraction of sp³-hybridized carbons (Fsp3) is 0.250. The maximum absolute atomic E-state index is 10.8. The molecule has 0 saturated heterocycles. The number of anilines is 1. The Kier molecular flexibility index (Phi) is 3.69. The Morgan fingerprint density at radius 2 is 1.73 bits per heavy atom. The second kappa shape index (κ2) is 4.62. The third-order valence-electron chi connectivity index (χ3n) is 1.44. The Morgan fingerprint density at radius 1 is 1.20 bits per heavy atom. The summed E-state index contributed by atoms with van der Waals surface area (Å²) in [4.78, 5) is 12.0. The Morgan fingerprint density at radius 3 is 2.20 bits per heavy atom. The summed E-state index contributed by atoms with van der Waals surface area (Å²) < 4.78 is 23.8. The van der Waals surface area contributed by atoms with Crippen LogP contribution in [0.1, 0.15) is 0 Å². The van der Waals surface area contributed by atoms with E-state index in [0.717, 1.165) is 6.26 Å². The standard InChI is InChI=1S/C4H10B3N5O2S/c1-15(13,14)12-7-11-4-9-2(5)8-3(6)10-4/h7,12H,5-6H2,1H3,(H,8,9,10,11). The van der Waals surface area contributed by atoms with Gasteiger partial charge in [-0.15, -0.1) is 0 Å². The Balaban J connectivity index is 2.58. The highest BCUT2D eigenvalue weighted by Gasteiger charge is 2.03. The van der Waals surface area contributed by atoms with E-state index in [9.17, 15) is 8.42 Å². The summed E-state index contributed by atoms with van der Waals surface area (Å²) in [5.41, 5.74) is 1.17. The van der Waals surface area contributed by atoms with E-state index in [4.69, 9.17) is 0 Å². The van der Waals surface area contributed by atoms with Crippen LogP contribution in [0.2, 0.25) is 0 Å².